The van der Waals surface area contributed by atoms with Gasteiger partial charge in [0.05, 0.1) is 6.42 Å². The Morgan fingerprint density at radius 2 is 1.70 bits per heavy atom. The molecule has 0 spiro atoms. The molecule has 118 valence electrons. The number of carboxylic acids is 1. The average Bonchev–Trinajstić information content (AvgIpc) is 2.51. The number of hydrogen-bond donors (Lipinski definition) is 3. The highest BCUT2D eigenvalue weighted by atomic mass is 16.4. The number of aliphatic carboxylic acids is 1. The second kappa shape index (κ2) is 7.79. The zero-order valence-electron chi connectivity index (χ0n) is 12.7. The molecular weight excluding hydrogens is 292 g/mol. The molecule has 2 aromatic carbocycles. The number of nitrogens with one attached hydrogen (secondary N) is 2. The second-order valence-corrected chi connectivity index (χ2v) is 5.11. The lowest BCUT2D eigenvalue weighted by molar-refractivity contribution is -0.136. The van der Waals surface area contributed by atoms with Crippen molar-refractivity contribution in [3.63, 3.8) is 0 Å². The predicted molar refractivity (Wildman–Crippen MR) is 90.1 cm³/mol. The van der Waals surface area contributed by atoms with Crippen LogP contribution in [0.5, 0.6) is 0 Å². The van der Waals surface area contributed by atoms with Gasteiger partial charge >= 0.3 is 12.0 Å². The Kier molecular flexibility index (Phi) is 5.52. The highest BCUT2D eigenvalue weighted by molar-refractivity contribution is 5.90. The van der Waals surface area contributed by atoms with Crippen LogP contribution < -0.4 is 10.6 Å². The van der Waals surface area contributed by atoms with Crippen LogP contribution in [-0.4, -0.2) is 17.1 Å². The Labute approximate surface area is 134 Å². The number of carbonyl (C=O) groups excluding carboxylic acids is 1. The van der Waals surface area contributed by atoms with Crippen molar-refractivity contribution in [2.75, 3.05) is 5.32 Å². The molecular formula is C18H18N2O3. The van der Waals surface area contributed by atoms with Crippen molar-refractivity contribution >= 4 is 23.8 Å². The maximum atomic E-state index is 11.8. The van der Waals surface area contributed by atoms with Gasteiger partial charge in [-0.1, -0.05) is 42.0 Å². The van der Waals surface area contributed by atoms with Crippen molar-refractivity contribution in [2.45, 2.75) is 13.3 Å². The Hall–Kier alpha value is -3.08. The first kappa shape index (κ1) is 16.3. The van der Waals surface area contributed by atoms with Gasteiger partial charge in [-0.2, -0.15) is 0 Å². The molecule has 0 bridgehead atoms. The van der Waals surface area contributed by atoms with Crippen molar-refractivity contribution in [3.05, 3.63) is 71.4 Å². The number of carbonyl (C=O) groups is 2. The summed E-state index contributed by atoms with van der Waals surface area (Å²) in [6.07, 6.45) is 3.33. The Morgan fingerprint density at radius 1 is 1.04 bits per heavy atom. The van der Waals surface area contributed by atoms with E-state index in [-0.39, 0.29) is 12.5 Å². The zero-order valence-corrected chi connectivity index (χ0v) is 12.7. The van der Waals surface area contributed by atoms with Crippen molar-refractivity contribution in [1.82, 2.24) is 5.32 Å². The highest BCUT2D eigenvalue weighted by Crippen LogP contribution is 2.10. The standard InChI is InChI=1S/C18H18N2O3/c1-13-2-4-14(5-3-13)10-11-19-18(23)20-16-8-6-15(7-9-16)12-17(21)22/h2-11H,12H2,1H3,(H,21,22)(H2,19,20,23)/b11-10+. The van der Waals surface area contributed by atoms with Crippen LogP contribution in [0.2, 0.25) is 0 Å². The van der Waals surface area contributed by atoms with Gasteiger partial charge in [0, 0.05) is 11.9 Å². The number of rotatable bonds is 5. The molecule has 0 aromatic heterocycles. The number of amides is 2. The number of benzene rings is 2. The Bertz CT molecular complexity index is 704. The van der Waals surface area contributed by atoms with Gasteiger partial charge in [0.25, 0.3) is 0 Å². The summed E-state index contributed by atoms with van der Waals surface area (Å²) in [6.45, 7) is 2.01. The van der Waals surface area contributed by atoms with E-state index in [2.05, 4.69) is 10.6 Å². The number of aryl methyl sites for hydroxylation is 1. The number of urea groups is 1. The van der Waals surface area contributed by atoms with Crippen molar-refractivity contribution in [3.8, 4) is 0 Å². The van der Waals surface area contributed by atoms with Gasteiger partial charge in [0.2, 0.25) is 0 Å². The largest absolute Gasteiger partial charge is 0.481 e. The summed E-state index contributed by atoms with van der Waals surface area (Å²) in [5.74, 6) is -0.885. The maximum Gasteiger partial charge on any atom is 0.323 e. The minimum atomic E-state index is -0.885. The minimum Gasteiger partial charge on any atom is -0.481 e. The molecule has 3 N–H and O–H groups in total. The number of anilines is 1. The second-order valence-electron chi connectivity index (χ2n) is 5.11. The van der Waals surface area contributed by atoms with Crippen LogP contribution >= 0.6 is 0 Å². The molecule has 0 unspecified atom stereocenters. The van der Waals surface area contributed by atoms with Crippen LogP contribution in [0.25, 0.3) is 6.08 Å². The topological polar surface area (TPSA) is 78.4 Å². The third-order valence-corrected chi connectivity index (χ3v) is 3.13. The summed E-state index contributed by atoms with van der Waals surface area (Å²) in [6, 6.07) is 14.2. The third-order valence-electron chi connectivity index (χ3n) is 3.13. The lowest BCUT2D eigenvalue weighted by atomic mass is 10.1. The fraction of sp³-hybridized carbons (Fsp3) is 0.111. The van der Waals surface area contributed by atoms with Crippen molar-refractivity contribution < 1.29 is 14.7 Å². The fourth-order valence-corrected chi connectivity index (χ4v) is 1.94. The van der Waals surface area contributed by atoms with Gasteiger partial charge in [0.1, 0.15) is 0 Å². The van der Waals surface area contributed by atoms with Crippen molar-refractivity contribution in [2.24, 2.45) is 0 Å². The third kappa shape index (κ3) is 5.67. The first-order valence-corrected chi connectivity index (χ1v) is 7.14. The SMILES string of the molecule is Cc1ccc(/C=C/NC(=O)Nc2ccc(CC(=O)O)cc2)cc1. The molecule has 0 heterocycles. The van der Waals surface area contributed by atoms with E-state index in [1.54, 1.807) is 36.5 Å². The molecule has 0 atom stereocenters. The summed E-state index contributed by atoms with van der Waals surface area (Å²) < 4.78 is 0. The monoisotopic (exact) mass is 310 g/mol. The van der Waals surface area contributed by atoms with Gasteiger partial charge in [-0.15, -0.1) is 0 Å². The summed E-state index contributed by atoms with van der Waals surface area (Å²) in [7, 11) is 0. The van der Waals surface area contributed by atoms with E-state index in [4.69, 9.17) is 5.11 Å². The van der Waals surface area contributed by atoms with Gasteiger partial charge in [-0.25, -0.2) is 4.79 Å². The molecule has 2 aromatic rings. The number of carboxylic acid groups (broad SMARTS) is 1. The number of hydrogen-bond acceptors (Lipinski definition) is 2. The van der Waals surface area contributed by atoms with Crippen LogP contribution in [0, 0.1) is 6.92 Å². The normalized spacial score (nSPS) is 10.5. The van der Waals surface area contributed by atoms with E-state index < -0.39 is 5.97 Å². The molecule has 0 aliphatic heterocycles. The fourth-order valence-electron chi connectivity index (χ4n) is 1.94. The smallest absolute Gasteiger partial charge is 0.323 e. The summed E-state index contributed by atoms with van der Waals surface area (Å²) in [4.78, 5) is 22.3. The summed E-state index contributed by atoms with van der Waals surface area (Å²) in [5, 5.41) is 14.0. The lowest BCUT2D eigenvalue weighted by Gasteiger charge is -2.05. The molecule has 0 radical (unpaired) electrons. The molecule has 0 saturated carbocycles. The molecule has 2 rings (SSSR count). The molecule has 2 amide bonds. The molecule has 0 aliphatic rings. The molecule has 5 heteroatoms. The summed E-state index contributed by atoms with van der Waals surface area (Å²) in [5.41, 5.74) is 3.45. The van der Waals surface area contributed by atoms with E-state index in [1.807, 2.05) is 31.2 Å². The molecule has 5 nitrogen and oxygen atoms in total. The van der Waals surface area contributed by atoms with E-state index in [9.17, 15) is 9.59 Å². The van der Waals surface area contributed by atoms with Gasteiger partial charge in [-0.05, 0) is 36.3 Å². The molecule has 0 aliphatic carbocycles. The van der Waals surface area contributed by atoms with Crippen LogP contribution in [-0.2, 0) is 11.2 Å². The van der Waals surface area contributed by atoms with E-state index in [1.165, 1.54) is 5.56 Å². The Morgan fingerprint density at radius 3 is 2.30 bits per heavy atom. The van der Waals surface area contributed by atoms with Gasteiger partial charge in [0.15, 0.2) is 0 Å². The van der Waals surface area contributed by atoms with Gasteiger partial charge < -0.3 is 15.7 Å². The molecule has 0 fully saturated rings. The highest BCUT2D eigenvalue weighted by Gasteiger charge is 2.02. The quantitative estimate of drug-likeness (QED) is 0.792. The van der Waals surface area contributed by atoms with E-state index >= 15 is 0 Å². The van der Waals surface area contributed by atoms with Gasteiger partial charge in [-0.3, -0.25) is 4.79 Å². The minimum absolute atomic E-state index is 0.0359. The average molecular weight is 310 g/mol. The zero-order chi connectivity index (χ0) is 16.7. The lowest BCUT2D eigenvalue weighted by Crippen LogP contribution is -2.23. The van der Waals surface area contributed by atoms with E-state index in [0.717, 1.165) is 5.56 Å². The van der Waals surface area contributed by atoms with E-state index in [0.29, 0.717) is 11.3 Å². The summed E-state index contributed by atoms with van der Waals surface area (Å²) >= 11 is 0. The predicted octanol–water partition coefficient (Wildman–Crippen LogP) is 3.41. The first-order valence-electron chi connectivity index (χ1n) is 7.14. The van der Waals surface area contributed by atoms with Crippen molar-refractivity contribution in [1.29, 1.82) is 0 Å². The maximum absolute atomic E-state index is 11.8. The molecule has 0 saturated heterocycles. The Balaban J connectivity index is 1.84. The van der Waals surface area contributed by atoms with Crippen LogP contribution in [0.4, 0.5) is 10.5 Å². The van der Waals surface area contributed by atoms with Crippen LogP contribution in [0.3, 0.4) is 0 Å². The first-order chi connectivity index (χ1) is 11.0. The van der Waals surface area contributed by atoms with Crippen LogP contribution in [0.1, 0.15) is 16.7 Å². The molecule has 23 heavy (non-hydrogen) atoms. The van der Waals surface area contributed by atoms with Crippen LogP contribution in [0.15, 0.2) is 54.7 Å².